The summed E-state index contributed by atoms with van der Waals surface area (Å²) in [5, 5.41) is 4.68. The molecule has 0 fully saturated rings. The molecule has 0 aliphatic carbocycles. The number of hydrogen-bond donors (Lipinski definition) is 2. The van der Waals surface area contributed by atoms with Crippen molar-refractivity contribution in [3.05, 3.63) is 58.5 Å². The Hall–Kier alpha value is -3.20. The van der Waals surface area contributed by atoms with Gasteiger partial charge in [-0.3, -0.25) is 14.9 Å². The van der Waals surface area contributed by atoms with Crippen molar-refractivity contribution < 1.29 is 9.59 Å². The molecule has 0 saturated carbocycles. The van der Waals surface area contributed by atoms with Gasteiger partial charge in [0, 0.05) is 13.2 Å². The van der Waals surface area contributed by atoms with Gasteiger partial charge in [0.2, 0.25) is 5.91 Å². The van der Waals surface area contributed by atoms with E-state index in [1.54, 1.807) is 43.5 Å². The van der Waals surface area contributed by atoms with Crippen LogP contribution in [-0.2, 0) is 4.79 Å². The number of urea groups is 1. The van der Waals surface area contributed by atoms with E-state index >= 15 is 0 Å². The van der Waals surface area contributed by atoms with Crippen molar-refractivity contribution in [3.63, 3.8) is 0 Å². The Labute approximate surface area is 165 Å². The Morgan fingerprint density at radius 1 is 1.18 bits per heavy atom. The van der Waals surface area contributed by atoms with Gasteiger partial charge in [0.1, 0.15) is 5.82 Å². The fourth-order valence-electron chi connectivity index (χ4n) is 2.58. The van der Waals surface area contributed by atoms with Gasteiger partial charge in [-0.15, -0.1) is 0 Å². The lowest BCUT2D eigenvalue weighted by molar-refractivity contribution is -0.119. The highest BCUT2D eigenvalue weighted by molar-refractivity contribution is 8.00. The number of imide groups is 1. The molecule has 1 aromatic carbocycles. The van der Waals surface area contributed by atoms with Crippen molar-refractivity contribution in [1.29, 1.82) is 0 Å². The average Bonchev–Trinajstić information content (AvgIpc) is 2.69. The first-order valence-corrected chi connectivity index (χ1v) is 9.43. The minimum absolute atomic E-state index is 0.270. The largest absolute Gasteiger partial charge is 0.341 e. The molecule has 0 aliphatic rings. The molecule has 2 N–H and O–H groups in total. The van der Waals surface area contributed by atoms with E-state index in [0.717, 1.165) is 17.3 Å². The van der Waals surface area contributed by atoms with Crippen molar-refractivity contribution >= 4 is 34.6 Å². The van der Waals surface area contributed by atoms with Crippen molar-refractivity contribution in [2.24, 2.45) is 0 Å². The van der Waals surface area contributed by atoms with Gasteiger partial charge in [-0.05, 0) is 37.6 Å². The first kappa shape index (κ1) is 19.6. The summed E-state index contributed by atoms with van der Waals surface area (Å²) >= 11 is 1.08. The van der Waals surface area contributed by atoms with Gasteiger partial charge < -0.3 is 5.32 Å². The minimum atomic E-state index is -0.666. The molecule has 1 atom stereocenters. The molecule has 3 aromatic rings. The van der Waals surface area contributed by atoms with Crippen molar-refractivity contribution in [3.8, 4) is 5.82 Å². The first-order chi connectivity index (χ1) is 13.4. The van der Waals surface area contributed by atoms with Crippen LogP contribution in [0.2, 0.25) is 0 Å². The molecule has 2 aromatic heterocycles. The third-order valence-corrected chi connectivity index (χ3v) is 5.11. The van der Waals surface area contributed by atoms with Gasteiger partial charge in [-0.25, -0.2) is 19.3 Å². The van der Waals surface area contributed by atoms with E-state index in [-0.39, 0.29) is 5.56 Å². The zero-order valence-electron chi connectivity index (χ0n) is 15.6. The van der Waals surface area contributed by atoms with Crippen LogP contribution in [0, 0.1) is 6.92 Å². The Kier molecular flexibility index (Phi) is 5.74. The maximum Gasteiger partial charge on any atom is 0.321 e. The number of aryl methyl sites for hydroxylation is 1. The molecule has 28 heavy (non-hydrogen) atoms. The number of hydrogen-bond acceptors (Lipinski definition) is 6. The minimum Gasteiger partial charge on any atom is -0.341 e. The van der Waals surface area contributed by atoms with Crippen LogP contribution in [0.4, 0.5) is 4.79 Å². The molecule has 3 amide bonds. The summed E-state index contributed by atoms with van der Waals surface area (Å²) in [5.74, 6) is -0.0387. The van der Waals surface area contributed by atoms with E-state index in [0.29, 0.717) is 21.9 Å². The third kappa shape index (κ3) is 3.89. The third-order valence-electron chi connectivity index (χ3n) is 4.05. The highest BCUT2D eigenvalue weighted by atomic mass is 32.2. The number of carbonyl (C=O) groups excluding carboxylic acids is 2. The summed E-state index contributed by atoms with van der Waals surface area (Å²) < 4.78 is 1.41. The van der Waals surface area contributed by atoms with Gasteiger partial charge >= 0.3 is 6.03 Å². The standard InChI is InChI=1S/C19H19N5O3S/c1-11-7-6-10-21-15(11)24-17(26)13-8-4-5-9-14(13)22-19(24)28-12(2)16(25)23-18(27)20-3/h4-10,12H,1-3H3,(H2,20,23,25,27)/t12-/m1/s1. The van der Waals surface area contributed by atoms with E-state index in [9.17, 15) is 14.4 Å². The summed E-state index contributed by atoms with van der Waals surface area (Å²) in [7, 11) is 1.42. The zero-order chi connectivity index (χ0) is 20.3. The predicted octanol–water partition coefficient (Wildman–Crippen LogP) is 2.03. The van der Waals surface area contributed by atoms with Crippen LogP contribution in [0.1, 0.15) is 12.5 Å². The fraction of sp³-hybridized carbons (Fsp3) is 0.211. The van der Waals surface area contributed by atoms with Crippen molar-refractivity contribution in [2.45, 2.75) is 24.3 Å². The maximum absolute atomic E-state index is 13.2. The lowest BCUT2D eigenvalue weighted by Gasteiger charge is -2.16. The van der Waals surface area contributed by atoms with Crippen LogP contribution in [0.15, 0.2) is 52.5 Å². The normalized spacial score (nSPS) is 11.8. The Balaban J connectivity index is 2.12. The van der Waals surface area contributed by atoms with Gasteiger partial charge in [0.25, 0.3) is 5.56 Å². The molecule has 0 saturated heterocycles. The molecule has 144 valence electrons. The number of amides is 3. The summed E-state index contributed by atoms with van der Waals surface area (Å²) in [5.41, 5.74) is 1.05. The maximum atomic E-state index is 13.2. The van der Waals surface area contributed by atoms with E-state index in [2.05, 4.69) is 20.6 Å². The van der Waals surface area contributed by atoms with Gasteiger partial charge in [0.05, 0.1) is 16.2 Å². The molecule has 0 unspecified atom stereocenters. The van der Waals surface area contributed by atoms with Crippen LogP contribution < -0.4 is 16.2 Å². The van der Waals surface area contributed by atoms with Crippen molar-refractivity contribution in [2.75, 3.05) is 7.05 Å². The lowest BCUT2D eigenvalue weighted by Crippen LogP contribution is -2.41. The van der Waals surface area contributed by atoms with Gasteiger partial charge in [-0.1, -0.05) is 30.0 Å². The Bertz CT molecular complexity index is 1110. The molecular weight excluding hydrogens is 378 g/mol. The molecule has 0 spiro atoms. The van der Waals surface area contributed by atoms with E-state index in [4.69, 9.17) is 0 Å². The predicted molar refractivity (Wildman–Crippen MR) is 108 cm³/mol. The molecule has 2 heterocycles. The van der Waals surface area contributed by atoms with Crippen LogP contribution >= 0.6 is 11.8 Å². The number of para-hydroxylation sites is 1. The second kappa shape index (κ2) is 8.22. The molecule has 0 aliphatic heterocycles. The Morgan fingerprint density at radius 3 is 2.64 bits per heavy atom. The summed E-state index contributed by atoms with van der Waals surface area (Å²) in [4.78, 5) is 45.8. The quantitative estimate of drug-likeness (QED) is 0.515. The second-order valence-corrected chi connectivity index (χ2v) is 7.33. The topological polar surface area (TPSA) is 106 Å². The highest BCUT2D eigenvalue weighted by Gasteiger charge is 2.22. The summed E-state index contributed by atoms with van der Waals surface area (Å²) in [6.45, 7) is 3.49. The van der Waals surface area contributed by atoms with E-state index in [1.165, 1.54) is 11.6 Å². The van der Waals surface area contributed by atoms with E-state index < -0.39 is 17.2 Å². The summed E-state index contributed by atoms with van der Waals surface area (Å²) in [6.07, 6.45) is 1.60. The number of benzene rings is 1. The number of carbonyl (C=O) groups is 2. The first-order valence-electron chi connectivity index (χ1n) is 8.55. The second-order valence-electron chi connectivity index (χ2n) is 6.02. The van der Waals surface area contributed by atoms with Gasteiger partial charge in [-0.2, -0.15) is 0 Å². The number of nitrogens with one attached hydrogen (secondary N) is 2. The average molecular weight is 397 g/mol. The number of pyridine rings is 1. The van der Waals surface area contributed by atoms with Crippen LogP contribution in [0.3, 0.4) is 0 Å². The molecular formula is C19H19N5O3S. The molecule has 0 bridgehead atoms. The number of fused-ring (bicyclic) bond motifs is 1. The fourth-order valence-corrected chi connectivity index (χ4v) is 3.49. The van der Waals surface area contributed by atoms with Crippen LogP contribution in [0.25, 0.3) is 16.7 Å². The monoisotopic (exact) mass is 397 g/mol. The molecule has 3 rings (SSSR count). The smallest absolute Gasteiger partial charge is 0.321 e. The van der Waals surface area contributed by atoms with Gasteiger partial charge in [0.15, 0.2) is 5.16 Å². The number of thioether (sulfide) groups is 1. The molecule has 8 nitrogen and oxygen atoms in total. The van der Waals surface area contributed by atoms with Crippen LogP contribution in [-0.4, -0.2) is 38.8 Å². The van der Waals surface area contributed by atoms with Crippen LogP contribution in [0.5, 0.6) is 0 Å². The zero-order valence-corrected chi connectivity index (χ0v) is 16.4. The highest BCUT2D eigenvalue weighted by Crippen LogP contribution is 2.25. The lowest BCUT2D eigenvalue weighted by atomic mass is 10.2. The van der Waals surface area contributed by atoms with Crippen molar-refractivity contribution in [1.82, 2.24) is 25.2 Å². The molecule has 0 radical (unpaired) electrons. The summed E-state index contributed by atoms with van der Waals surface area (Å²) in [6, 6.07) is 10.0. The number of aromatic nitrogens is 3. The number of rotatable bonds is 4. The Morgan fingerprint density at radius 2 is 1.93 bits per heavy atom. The van der Waals surface area contributed by atoms with E-state index in [1.807, 2.05) is 13.0 Å². The SMILES string of the molecule is CNC(=O)NC(=O)[C@@H](C)Sc1nc2ccccc2c(=O)n1-c1ncccc1C. The molecule has 9 heteroatoms. The number of nitrogens with zero attached hydrogens (tertiary/aromatic N) is 3.